The third-order valence-electron chi connectivity index (χ3n) is 3.49. The Labute approximate surface area is 141 Å². The fourth-order valence-corrected chi connectivity index (χ4v) is 2.50. The summed E-state index contributed by atoms with van der Waals surface area (Å²) in [6, 6.07) is 10.1. The van der Waals surface area contributed by atoms with E-state index in [9.17, 15) is 0 Å². The van der Waals surface area contributed by atoms with Crippen LogP contribution in [0.15, 0.2) is 30.3 Å². The lowest BCUT2D eigenvalue weighted by Crippen LogP contribution is -2.35. The number of hydrogen-bond donors (Lipinski definition) is 2. The highest BCUT2D eigenvalue weighted by molar-refractivity contribution is 7.80. The molecule has 0 amide bonds. The Balaban J connectivity index is 2.05. The molecule has 2 N–H and O–H groups in total. The van der Waals surface area contributed by atoms with Crippen LogP contribution in [0.3, 0.4) is 0 Å². The van der Waals surface area contributed by atoms with E-state index in [-0.39, 0.29) is 0 Å². The van der Waals surface area contributed by atoms with Crippen LogP contribution in [-0.2, 0) is 6.54 Å². The van der Waals surface area contributed by atoms with E-state index in [2.05, 4.69) is 29.6 Å². The van der Waals surface area contributed by atoms with Crippen LogP contribution in [0.25, 0.3) is 0 Å². The molecule has 0 bridgehead atoms. The smallest absolute Gasteiger partial charge is 0.172 e. The van der Waals surface area contributed by atoms with E-state index >= 15 is 0 Å². The van der Waals surface area contributed by atoms with Gasteiger partial charge in [0, 0.05) is 22.8 Å². The van der Waals surface area contributed by atoms with Gasteiger partial charge in [0.1, 0.15) is 0 Å². The zero-order chi connectivity index (χ0) is 16.1. The van der Waals surface area contributed by atoms with Gasteiger partial charge in [0.25, 0.3) is 0 Å². The molecule has 4 nitrogen and oxygen atoms in total. The number of aryl methyl sites for hydroxylation is 1. The van der Waals surface area contributed by atoms with Crippen LogP contribution in [0.4, 0.5) is 5.82 Å². The van der Waals surface area contributed by atoms with Gasteiger partial charge in [0.15, 0.2) is 10.9 Å². The Morgan fingerprint density at radius 2 is 2.14 bits per heavy atom. The fourth-order valence-electron chi connectivity index (χ4n) is 2.00. The van der Waals surface area contributed by atoms with E-state index in [4.69, 9.17) is 23.8 Å². The molecule has 1 unspecified atom stereocenters. The van der Waals surface area contributed by atoms with E-state index in [0.717, 1.165) is 28.5 Å². The van der Waals surface area contributed by atoms with Crippen LogP contribution in [0.2, 0.25) is 5.02 Å². The molecule has 22 heavy (non-hydrogen) atoms. The molecule has 1 atom stereocenters. The maximum absolute atomic E-state index is 6.20. The maximum atomic E-state index is 6.20. The molecule has 1 aromatic heterocycles. The highest BCUT2D eigenvalue weighted by atomic mass is 35.5. The number of aromatic nitrogens is 2. The summed E-state index contributed by atoms with van der Waals surface area (Å²) in [6.07, 6.45) is 1.02. The number of rotatable bonds is 5. The number of nitrogens with one attached hydrogen (secondary N) is 2. The molecule has 2 aromatic rings. The summed E-state index contributed by atoms with van der Waals surface area (Å²) in [6.45, 7) is 6.86. The highest BCUT2D eigenvalue weighted by Gasteiger charge is 2.09. The van der Waals surface area contributed by atoms with Crippen LogP contribution in [0.1, 0.15) is 31.5 Å². The topological polar surface area (TPSA) is 41.9 Å². The standard InChI is InChI=1S/C16H21ClN4S/c1-4-11(2)18-16(22)19-15-9-12(3)21(20-15)10-13-7-5-6-8-14(13)17/h5-9,11H,4,10H2,1-3H3,(H2,18,19,20,22). The number of benzene rings is 1. The van der Waals surface area contributed by atoms with Crippen molar-refractivity contribution in [1.82, 2.24) is 15.1 Å². The minimum atomic E-state index is 0.339. The first-order chi connectivity index (χ1) is 10.5. The highest BCUT2D eigenvalue weighted by Crippen LogP contribution is 2.18. The van der Waals surface area contributed by atoms with Crippen molar-refractivity contribution in [1.29, 1.82) is 0 Å². The van der Waals surface area contributed by atoms with Gasteiger partial charge in [-0.15, -0.1) is 0 Å². The molecular weight excluding hydrogens is 316 g/mol. The average molecular weight is 337 g/mol. The number of anilines is 1. The molecule has 0 saturated carbocycles. The molecule has 2 rings (SSSR count). The second-order valence-electron chi connectivity index (χ2n) is 5.33. The van der Waals surface area contributed by atoms with Crippen molar-refractivity contribution in [2.75, 3.05) is 5.32 Å². The Hall–Kier alpha value is -1.59. The Kier molecular flexibility index (Phi) is 5.80. The minimum Gasteiger partial charge on any atom is -0.360 e. The van der Waals surface area contributed by atoms with Crippen molar-refractivity contribution < 1.29 is 0 Å². The largest absolute Gasteiger partial charge is 0.360 e. The summed E-state index contributed by atoms with van der Waals surface area (Å²) in [5, 5.41) is 12.2. The second kappa shape index (κ2) is 7.61. The molecule has 0 fully saturated rings. The fraction of sp³-hybridized carbons (Fsp3) is 0.375. The Bertz CT molecular complexity index is 653. The first kappa shape index (κ1) is 16.8. The van der Waals surface area contributed by atoms with Crippen molar-refractivity contribution in [3.63, 3.8) is 0 Å². The number of nitrogens with zero attached hydrogens (tertiary/aromatic N) is 2. The van der Waals surface area contributed by atoms with Gasteiger partial charge in [0.2, 0.25) is 0 Å². The molecule has 0 aliphatic rings. The predicted molar refractivity (Wildman–Crippen MR) is 96.6 cm³/mol. The van der Waals surface area contributed by atoms with Crippen molar-refractivity contribution in [2.24, 2.45) is 0 Å². The molecule has 0 aliphatic heterocycles. The molecular formula is C16H21ClN4S. The number of hydrogen-bond acceptors (Lipinski definition) is 2. The van der Waals surface area contributed by atoms with Crippen LogP contribution in [0, 0.1) is 6.92 Å². The minimum absolute atomic E-state index is 0.339. The van der Waals surface area contributed by atoms with Crippen LogP contribution >= 0.6 is 23.8 Å². The third kappa shape index (κ3) is 4.45. The molecule has 0 aliphatic carbocycles. The lowest BCUT2D eigenvalue weighted by atomic mass is 10.2. The van der Waals surface area contributed by atoms with Crippen molar-refractivity contribution in [3.8, 4) is 0 Å². The molecule has 0 spiro atoms. The summed E-state index contributed by atoms with van der Waals surface area (Å²) in [7, 11) is 0. The summed E-state index contributed by atoms with van der Waals surface area (Å²) in [5.41, 5.74) is 2.09. The van der Waals surface area contributed by atoms with E-state index < -0.39 is 0 Å². The van der Waals surface area contributed by atoms with E-state index in [1.165, 1.54) is 0 Å². The van der Waals surface area contributed by atoms with Gasteiger partial charge in [-0.2, -0.15) is 5.10 Å². The molecule has 1 heterocycles. The van der Waals surface area contributed by atoms with Crippen LogP contribution < -0.4 is 10.6 Å². The van der Waals surface area contributed by atoms with Gasteiger partial charge in [0.05, 0.1) is 6.54 Å². The predicted octanol–water partition coefficient (Wildman–Crippen LogP) is 3.98. The Morgan fingerprint density at radius 3 is 2.82 bits per heavy atom. The van der Waals surface area contributed by atoms with Crippen molar-refractivity contribution in [2.45, 2.75) is 39.8 Å². The van der Waals surface area contributed by atoms with Gasteiger partial charge in [-0.05, 0) is 44.1 Å². The second-order valence-corrected chi connectivity index (χ2v) is 6.14. The first-order valence-electron chi connectivity index (χ1n) is 7.35. The third-order valence-corrected chi connectivity index (χ3v) is 4.08. The van der Waals surface area contributed by atoms with Gasteiger partial charge in [-0.3, -0.25) is 4.68 Å². The van der Waals surface area contributed by atoms with E-state index in [1.807, 2.05) is 41.9 Å². The van der Waals surface area contributed by atoms with E-state index in [0.29, 0.717) is 17.7 Å². The van der Waals surface area contributed by atoms with Gasteiger partial charge in [-0.1, -0.05) is 36.7 Å². The zero-order valence-electron chi connectivity index (χ0n) is 13.1. The summed E-state index contributed by atoms with van der Waals surface area (Å²) < 4.78 is 1.91. The molecule has 6 heteroatoms. The van der Waals surface area contributed by atoms with Gasteiger partial charge >= 0.3 is 0 Å². The van der Waals surface area contributed by atoms with Gasteiger partial charge in [-0.25, -0.2) is 0 Å². The average Bonchev–Trinajstić information content (AvgIpc) is 2.80. The summed E-state index contributed by atoms with van der Waals surface area (Å²) >= 11 is 11.5. The molecule has 0 radical (unpaired) electrons. The van der Waals surface area contributed by atoms with Crippen molar-refractivity contribution >= 4 is 34.7 Å². The van der Waals surface area contributed by atoms with Crippen LogP contribution in [-0.4, -0.2) is 20.9 Å². The normalized spacial score (nSPS) is 12.0. The zero-order valence-corrected chi connectivity index (χ0v) is 14.6. The lowest BCUT2D eigenvalue weighted by Gasteiger charge is -2.13. The van der Waals surface area contributed by atoms with Gasteiger partial charge < -0.3 is 10.6 Å². The van der Waals surface area contributed by atoms with E-state index in [1.54, 1.807) is 0 Å². The number of thiocarbonyl (C=S) groups is 1. The Morgan fingerprint density at radius 1 is 1.41 bits per heavy atom. The first-order valence-corrected chi connectivity index (χ1v) is 8.13. The van der Waals surface area contributed by atoms with Crippen molar-refractivity contribution in [3.05, 3.63) is 46.6 Å². The lowest BCUT2D eigenvalue weighted by molar-refractivity contribution is 0.644. The summed E-state index contributed by atoms with van der Waals surface area (Å²) in [5.74, 6) is 0.741. The maximum Gasteiger partial charge on any atom is 0.172 e. The monoisotopic (exact) mass is 336 g/mol. The molecule has 118 valence electrons. The quantitative estimate of drug-likeness (QED) is 0.810. The number of halogens is 1. The molecule has 0 saturated heterocycles. The van der Waals surface area contributed by atoms with Crippen LogP contribution in [0.5, 0.6) is 0 Å². The molecule has 1 aromatic carbocycles. The summed E-state index contributed by atoms with van der Waals surface area (Å²) in [4.78, 5) is 0. The SMILES string of the molecule is CCC(C)NC(=S)Nc1cc(C)n(Cc2ccccc2Cl)n1.